The summed E-state index contributed by atoms with van der Waals surface area (Å²) in [7, 11) is 0. The zero-order chi connectivity index (χ0) is 9.10. The summed E-state index contributed by atoms with van der Waals surface area (Å²) in [4.78, 5) is 0. The number of thiophene rings is 1. The highest BCUT2D eigenvalue weighted by molar-refractivity contribution is 7.14. The number of hydrogen-bond donors (Lipinski definition) is 2. The Balaban J connectivity index is 1.83. The molecule has 2 rings (SSSR count). The molecule has 2 nitrogen and oxygen atoms in total. The van der Waals surface area contributed by atoms with E-state index in [1.807, 2.05) is 0 Å². The van der Waals surface area contributed by atoms with Crippen molar-refractivity contribution in [2.75, 3.05) is 5.32 Å². The van der Waals surface area contributed by atoms with Crippen LogP contribution in [0.15, 0.2) is 17.5 Å². The van der Waals surface area contributed by atoms with Crippen molar-refractivity contribution < 1.29 is 5.11 Å². The first-order valence-corrected chi connectivity index (χ1v) is 5.70. The second-order valence-electron chi connectivity index (χ2n) is 3.63. The van der Waals surface area contributed by atoms with E-state index in [9.17, 15) is 5.11 Å². The van der Waals surface area contributed by atoms with Gasteiger partial charge in [-0.25, -0.2) is 0 Å². The quantitative estimate of drug-likeness (QED) is 0.763. The van der Waals surface area contributed by atoms with Crippen LogP contribution in [0.3, 0.4) is 0 Å². The zero-order valence-corrected chi connectivity index (χ0v) is 8.39. The van der Waals surface area contributed by atoms with Crippen LogP contribution in [0.2, 0.25) is 0 Å². The van der Waals surface area contributed by atoms with Crippen molar-refractivity contribution in [2.24, 2.45) is 0 Å². The normalized spacial score (nSPS) is 28.7. The third-order valence-corrected chi connectivity index (χ3v) is 3.37. The van der Waals surface area contributed by atoms with Crippen LogP contribution in [0.25, 0.3) is 0 Å². The number of rotatable bonds is 2. The molecule has 0 amide bonds. The Bertz CT molecular complexity index is 239. The van der Waals surface area contributed by atoms with Gasteiger partial charge in [-0.3, -0.25) is 0 Å². The van der Waals surface area contributed by atoms with Crippen molar-refractivity contribution in [2.45, 2.75) is 37.8 Å². The van der Waals surface area contributed by atoms with Crippen LogP contribution in [0.5, 0.6) is 0 Å². The molecule has 1 aliphatic rings. The number of hydrogen-bond acceptors (Lipinski definition) is 3. The highest BCUT2D eigenvalue weighted by atomic mass is 32.1. The molecule has 1 saturated carbocycles. The molecule has 0 aliphatic heterocycles. The Morgan fingerprint density at radius 1 is 1.31 bits per heavy atom. The minimum Gasteiger partial charge on any atom is -0.393 e. The molecule has 2 N–H and O–H groups in total. The average molecular weight is 197 g/mol. The lowest BCUT2D eigenvalue weighted by Gasteiger charge is -2.26. The first-order chi connectivity index (χ1) is 6.34. The minimum absolute atomic E-state index is 0.0543. The molecule has 0 radical (unpaired) electrons. The van der Waals surface area contributed by atoms with Gasteiger partial charge in [-0.15, -0.1) is 11.3 Å². The second kappa shape index (κ2) is 4.11. The molecule has 1 aromatic rings. The lowest BCUT2D eigenvalue weighted by Crippen LogP contribution is -2.27. The maximum atomic E-state index is 9.33. The van der Waals surface area contributed by atoms with E-state index in [1.165, 1.54) is 5.00 Å². The number of aliphatic hydroxyl groups excluding tert-OH is 1. The van der Waals surface area contributed by atoms with Crippen LogP contribution < -0.4 is 5.32 Å². The van der Waals surface area contributed by atoms with Gasteiger partial charge in [0.05, 0.1) is 11.1 Å². The van der Waals surface area contributed by atoms with Gasteiger partial charge < -0.3 is 10.4 Å². The Hall–Kier alpha value is -0.540. The largest absolute Gasteiger partial charge is 0.393 e. The van der Waals surface area contributed by atoms with Crippen LogP contribution in [0.4, 0.5) is 5.00 Å². The van der Waals surface area contributed by atoms with Crippen LogP contribution in [0.1, 0.15) is 25.7 Å². The molecule has 0 bridgehead atoms. The summed E-state index contributed by atoms with van der Waals surface area (Å²) in [5.41, 5.74) is 0. The summed E-state index contributed by atoms with van der Waals surface area (Å²) in [6, 6.07) is 4.74. The third-order valence-electron chi connectivity index (χ3n) is 2.56. The van der Waals surface area contributed by atoms with Crippen LogP contribution in [-0.4, -0.2) is 17.3 Å². The van der Waals surface area contributed by atoms with Gasteiger partial charge in [0.25, 0.3) is 0 Å². The standard InChI is InChI=1S/C10H15NOS/c12-9-5-3-8(4-6-9)11-10-2-1-7-13-10/h1-2,7-9,11-12H,3-6H2. The van der Waals surface area contributed by atoms with E-state index in [-0.39, 0.29) is 6.10 Å². The molecule has 0 spiro atoms. The summed E-state index contributed by atoms with van der Waals surface area (Å²) in [5.74, 6) is 0. The van der Waals surface area contributed by atoms with E-state index in [1.54, 1.807) is 11.3 Å². The summed E-state index contributed by atoms with van der Waals surface area (Å²) >= 11 is 1.74. The maximum absolute atomic E-state index is 9.33. The predicted molar refractivity (Wildman–Crippen MR) is 56.2 cm³/mol. The molecule has 1 aliphatic carbocycles. The van der Waals surface area contributed by atoms with Crippen molar-refractivity contribution in [1.82, 2.24) is 0 Å². The molecule has 1 heterocycles. The molecule has 0 unspecified atom stereocenters. The molecule has 0 saturated heterocycles. The molecule has 1 fully saturated rings. The fourth-order valence-corrected chi connectivity index (χ4v) is 2.48. The smallest absolute Gasteiger partial charge is 0.0884 e. The topological polar surface area (TPSA) is 32.3 Å². The first kappa shape index (κ1) is 9.03. The van der Waals surface area contributed by atoms with Crippen molar-refractivity contribution in [3.8, 4) is 0 Å². The first-order valence-electron chi connectivity index (χ1n) is 4.83. The molecule has 0 atom stereocenters. The van der Waals surface area contributed by atoms with E-state index in [2.05, 4.69) is 22.8 Å². The molecule has 1 aromatic heterocycles. The van der Waals surface area contributed by atoms with E-state index in [0.717, 1.165) is 25.7 Å². The van der Waals surface area contributed by atoms with Gasteiger partial charge in [-0.2, -0.15) is 0 Å². The van der Waals surface area contributed by atoms with Gasteiger partial charge in [-0.05, 0) is 43.2 Å². The van der Waals surface area contributed by atoms with Crippen molar-refractivity contribution in [1.29, 1.82) is 0 Å². The van der Waals surface area contributed by atoms with Gasteiger partial charge in [-0.1, -0.05) is 0 Å². The summed E-state index contributed by atoms with van der Waals surface area (Å²) in [6.45, 7) is 0. The second-order valence-corrected chi connectivity index (χ2v) is 4.57. The van der Waals surface area contributed by atoms with Gasteiger partial charge in [0.15, 0.2) is 0 Å². The lowest BCUT2D eigenvalue weighted by atomic mass is 9.93. The van der Waals surface area contributed by atoms with Crippen LogP contribution in [0, 0.1) is 0 Å². The van der Waals surface area contributed by atoms with E-state index in [0.29, 0.717) is 6.04 Å². The highest BCUT2D eigenvalue weighted by Crippen LogP contribution is 2.24. The number of nitrogens with one attached hydrogen (secondary N) is 1. The van der Waals surface area contributed by atoms with Crippen molar-refractivity contribution in [3.05, 3.63) is 17.5 Å². The maximum Gasteiger partial charge on any atom is 0.0884 e. The van der Waals surface area contributed by atoms with Gasteiger partial charge in [0, 0.05) is 6.04 Å². The third kappa shape index (κ3) is 2.45. The van der Waals surface area contributed by atoms with Crippen LogP contribution >= 0.6 is 11.3 Å². The van der Waals surface area contributed by atoms with E-state index >= 15 is 0 Å². The number of anilines is 1. The molecule has 72 valence electrons. The average Bonchev–Trinajstić information content (AvgIpc) is 2.62. The Kier molecular flexibility index (Phi) is 2.86. The Morgan fingerprint density at radius 3 is 2.69 bits per heavy atom. The van der Waals surface area contributed by atoms with Crippen molar-refractivity contribution in [3.63, 3.8) is 0 Å². The van der Waals surface area contributed by atoms with Gasteiger partial charge in [0.1, 0.15) is 0 Å². The van der Waals surface area contributed by atoms with Crippen LogP contribution in [-0.2, 0) is 0 Å². The molecular formula is C10H15NOS. The monoisotopic (exact) mass is 197 g/mol. The predicted octanol–water partition coefficient (Wildman–Crippen LogP) is 2.46. The highest BCUT2D eigenvalue weighted by Gasteiger charge is 2.18. The fourth-order valence-electron chi connectivity index (χ4n) is 1.78. The van der Waals surface area contributed by atoms with Gasteiger partial charge >= 0.3 is 0 Å². The molecule has 3 heteroatoms. The summed E-state index contributed by atoms with van der Waals surface area (Å²) in [6.07, 6.45) is 4.03. The zero-order valence-electron chi connectivity index (χ0n) is 7.57. The Morgan fingerprint density at radius 2 is 2.08 bits per heavy atom. The SMILES string of the molecule is OC1CCC(Nc2cccs2)CC1. The van der Waals surface area contributed by atoms with E-state index in [4.69, 9.17) is 0 Å². The summed E-state index contributed by atoms with van der Waals surface area (Å²) in [5, 5.41) is 16.2. The molecule has 0 aromatic carbocycles. The fraction of sp³-hybridized carbons (Fsp3) is 0.600. The number of aliphatic hydroxyl groups is 1. The molecule has 13 heavy (non-hydrogen) atoms. The lowest BCUT2D eigenvalue weighted by molar-refractivity contribution is 0.126. The van der Waals surface area contributed by atoms with Gasteiger partial charge in [0.2, 0.25) is 0 Å². The van der Waals surface area contributed by atoms with E-state index < -0.39 is 0 Å². The summed E-state index contributed by atoms with van der Waals surface area (Å²) < 4.78 is 0. The van der Waals surface area contributed by atoms with Crippen molar-refractivity contribution >= 4 is 16.3 Å². The molecular weight excluding hydrogens is 182 g/mol. The Labute approximate surface area is 82.6 Å². The minimum atomic E-state index is -0.0543.